The fourth-order valence-corrected chi connectivity index (χ4v) is 6.38. The molecular formula is C36H33F2N5OS. The first-order chi connectivity index (χ1) is 22.0. The van der Waals surface area contributed by atoms with Crippen LogP contribution >= 0.6 is 11.8 Å². The van der Waals surface area contributed by atoms with Gasteiger partial charge in [-0.05, 0) is 66.3 Å². The van der Waals surface area contributed by atoms with Gasteiger partial charge in [-0.2, -0.15) is 0 Å². The molecule has 0 aliphatic heterocycles. The predicted molar refractivity (Wildman–Crippen MR) is 175 cm³/mol. The number of halogens is 2. The summed E-state index contributed by atoms with van der Waals surface area (Å²) in [5.41, 5.74) is 5.28. The summed E-state index contributed by atoms with van der Waals surface area (Å²) in [5, 5.41) is 12.9. The highest BCUT2D eigenvalue weighted by atomic mass is 32.2. The number of thioether (sulfide) groups is 1. The normalized spacial score (nSPS) is 11.4. The van der Waals surface area contributed by atoms with E-state index in [1.165, 1.54) is 47.2 Å². The van der Waals surface area contributed by atoms with Gasteiger partial charge in [0.05, 0.1) is 5.52 Å². The minimum Gasteiger partial charge on any atom is -0.356 e. The topological polar surface area (TPSA) is 72.7 Å². The second-order valence-electron chi connectivity index (χ2n) is 11.0. The fourth-order valence-electron chi connectivity index (χ4n) is 5.60. The Kier molecular flexibility index (Phi) is 9.75. The predicted octanol–water partition coefficient (Wildman–Crippen LogP) is 7.91. The highest BCUT2D eigenvalue weighted by molar-refractivity contribution is 7.99. The largest absolute Gasteiger partial charge is 0.356 e. The van der Waals surface area contributed by atoms with Gasteiger partial charge in [-0.3, -0.25) is 4.79 Å². The number of amides is 1. The highest BCUT2D eigenvalue weighted by Crippen LogP contribution is 2.30. The van der Waals surface area contributed by atoms with Gasteiger partial charge in [0.2, 0.25) is 11.1 Å². The first-order valence-corrected chi connectivity index (χ1v) is 16.1. The second-order valence-corrected chi connectivity index (χ2v) is 12.0. The quantitative estimate of drug-likeness (QED) is 0.105. The van der Waals surface area contributed by atoms with E-state index >= 15 is 0 Å². The summed E-state index contributed by atoms with van der Waals surface area (Å²) in [6, 6.07) is 31.6. The van der Waals surface area contributed by atoms with Gasteiger partial charge < -0.3 is 9.88 Å². The first kappa shape index (κ1) is 30.4. The van der Waals surface area contributed by atoms with Crippen molar-refractivity contribution in [2.75, 3.05) is 12.3 Å². The van der Waals surface area contributed by atoms with Crippen molar-refractivity contribution in [1.29, 1.82) is 0 Å². The van der Waals surface area contributed by atoms with Gasteiger partial charge >= 0.3 is 0 Å². The Hall–Kier alpha value is -4.63. The molecule has 6 nitrogen and oxygen atoms in total. The third-order valence-electron chi connectivity index (χ3n) is 7.85. The fraction of sp³-hybridized carbons (Fsp3) is 0.222. The maximum absolute atomic E-state index is 14.1. The van der Waals surface area contributed by atoms with E-state index in [4.69, 9.17) is 4.98 Å². The Morgan fingerprint density at radius 2 is 1.51 bits per heavy atom. The molecule has 45 heavy (non-hydrogen) atoms. The number of aromatic nitrogens is 4. The number of rotatable bonds is 13. The van der Waals surface area contributed by atoms with Crippen LogP contribution in [0.25, 0.3) is 22.1 Å². The molecule has 1 amide bonds. The lowest BCUT2D eigenvalue weighted by molar-refractivity contribution is -0.121. The molecule has 0 aliphatic carbocycles. The number of nitrogens with zero attached hydrogens (tertiary/aromatic N) is 4. The van der Waals surface area contributed by atoms with Crippen LogP contribution < -0.4 is 5.32 Å². The van der Waals surface area contributed by atoms with E-state index in [2.05, 4.69) is 64.0 Å². The van der Waals surface area contributed by atoms with E-state index in [0.717, 1.165) is 36.1 Å². The number of carbonyl (C=O) groups is 1. The molecule has 2 aromatic heterocycles. The number of fused-ring (bicyclic) bond motifs is 3. The van der Waals surface area contributed by atoms with Gasteiger partial charge in [0, 0.05) is 36.6 Å². The lowest BCUT2D eigenvalue weighted by Gasteiger charge is -2.18. The number of hydrogen-bond donors (Lipinski definition) is 1. The zero-order chi connectivity index (χ0) is 31.0. The Morgan fingerprint density at radius 1 is 0.822 bits per heavy atom. The summed E-state index contributed by atoms with van der Waals surface area (Å²) in [4.78, 5) is 17.4. The minimum atomic E-state index is -0.361. The van der Waals surface area contributed by atoms with E-state index in [-0.39, 0.29) is 23.5 Å². The van der Waals surface area contributed by atoms with Crippen LogP contribution in [0.5, 0.6) is 0 Å². The van der Waals surface area contributed by atoms with Crippen LogP contribution in [-0.4, -0.2) is 38.0 Å². The molecule has 6 rings (SSSR count). The van der Waals surface area contributed by atoms with Gasteiger partial charge in [-0.1, -0.05) is 84.6 Å². The SMILES string of the molecule is O=C(CCCCSc1nnc2c3cc(F)ccc3n(Cc3ccc(F)cc3)c2n1)NCCC(c1ccccc1)c1ccccc1. The number of nitrogens with one attached hydrogen (secondary N) is 1. The molecule has 4 aromatic carbocycles. The Labute approximate surface area is 264 Å². The molecule has 0 spiro atoms. The minimum absolute atomic E-state index is 0.0525. The molecule has 0 fully saturated rings. The molecule has 0 saturated carbocycles. The van der Waals surface area contributed by atoms with Gasteiger partial charge in [-0.25, -0.2) is 13.8 Å². The third kappa shape index (κ3) is 7.54. The zero-order valence-corrected chi connectivity index (χ0v) is 25.5. The van der Waals surface area contributed by atoms with Crippen molar-refractivity contribution in [2.45, 2.75) is 43.3 Å². The highest BCUT2D eigenvalue weighted by Gasteiger charge is 2.17. The van der Waals surface area contributed by atoms with E-state index in [1.807, 2.05) is 16.7 Å². The van der Waals surface area contributed by atoms with Crippen molar-refractivity contribution in [1.82, 2.24) is 25.1 Å². The van der Waals surface area contributed by atoms with Crippen molar-refractivity contribution in [2.24, 2.45) is 0 Å². The van der Waals surface area contributed by atoms with Crippen molar-refractivity contribution in [3.05, 3.63) is 131 Å². The number of hydrogen-bond acceptors (Lipinski definition) is 5. The number of unbranched alkanes of at least 4 members (excludes halogenated alkanes) is 1. The molecule has 0 saturated heterocycles. The smallest absolute Gasteiger partial charge is 0.219 e. The van der Waals surface area contributed by atoms with Crippen molar-refractivity contribution in [3.63, 3.8) is 0 Å². The molecule has 0 atom stereocenters. The number of carbonyl (C=O) groups excluding carboxylic acids is 1. The van der Waals surface area contributed by atoms with Gasteiger partial charge in [0.1, 0.15) is 17.2 Å². The zero-order valence-electron chi connectivity index (χ0n) is 24.7. The van der Waals surface area contributed by atoms with E-state index < -0.39 is 0 Å². The molecular weight excluding hydrogens is 588 g/mol. The summed E-state index contributed by atoms with van der Waals surface area (Å²) in [5.74, 6) is 0.347. The molecule has 1 N–H and O–H groups in total. The molecule has 9 heteroatoms. The molecule has 228 valence electrons. The summed E-state index contributed by atoms with van der Waals surface area (Å²) in [6.45, 7) is 1.04. The average Bonchev–Trinajstić information content (AvgIpc) is 3.36. The lowest BCUT2D eigenvalue weighted by Crippen LogP contribution is -2.25. The third-order valence-corrected chi connectivity index (χ3v) is 8.78. The summed E-state index contributed by atoms with van der Waals surface area (Å²) < 4.78 is 29.6. The van der Waals surface area contributed by atoms with Crippen molar-refractivity contribution < 1.29 is 13.6 Å². The molecule has 2 heterocycles. The summed E-state index contributed by atoms with van der Waals surface area (Å²) in [7, 11) is 0. The van der Waals surface area contributed by atoms with Crippen LogP contribution in [-0.2, 0) is 11.3 Å². The second kappa shape index (κ2) is 14.4. The van der Waals surface area contributed by atoms with E-state index in [9.17, 15) is 13.6 Å². The van der Waals surface area contributed by atoms with Gasteiger partial charge in [0.15, 0.2) is 5.65 Å². The molecule has 0 radical (unpaired) electrons. The van der Waals surface area contributed by atoms with Crippen LogP contribution in [0.3, 0.4) is 0 Å². The molecule has 0 aliphatic rings. The molecule has 0 unspecified atom stereocenters. The van der Waals surface area contributed by atoms with Crippen LogP contribution in [0, 0.1) is 11.6 Å². The van der Waals surface area contributed by atoms with Gasteiger partial charge in [0.25, 0.3) is 0 Å². The molecule has 6 aromatic rings. The maximum atomic E-state index is 14.1. The summed E-state index contributed by atoms with van der Waals surface area (Å²) in [6.07, 6.45) is 2.85. The van der Waals surface area contributed by atoms with E-state index in [0.29, 0.717) is 41.2 Å². The Morgan fingerprint density at radius 3 is 2.22 bits per heavy atom. The molecule has 0 bridgehead atoms. The Bertz CT molecular complexity index is 1840. The van der Waals surface area contributed by atoms with Crippen LogP contribution in [0.15, 0.2) is 108 Å². The van der Waals surface area contributed by atoms with Crippen LogP contribution in [0.4, 0.5) is 8.78 Å². The van der Waals surface area contributed by atoms with Crippen LogP contribution in [0.1, 0.15) is 48.3 Å². The first-order valence-electron chi connectivity index (χ1n) is 15.1. The Balaban J connectivity index is 1.02. The van der Waals surface area contributed by atoms with Crippen molar-refractivity contribution in [3.8, 4) is 0 Å². The van der Waals surface area contributed by atoms with E-state index in [1.54, 1.807) is 18.2 Å². The lowest BCUT2D eigenvalue weighted by atomic mass is 9.88. The van der Waals surface area contributed by atoms with Gasteiger partial charge in [-0.15, -0.1) is 10.2 Å². The average molecular weight is 622 g/mol. The number of benzene rings is 4. The monoisotopic (exact) mass is 621 g/mol. The van der Waals surface area contributed by atoms with Crippen LogP contribution in [0.2, 0.25) is 0 Å². The standard InChI is InChI=1S/C36H33F2N5OS/c37-28-16-14-25(15-17-28)24-43-32-19-18-29(38)23-31(32)34-35(43)40-36(42-41-34)45-22-8-7-13-33(44)39-21-20-30(26-9-3-1-4-10-26)27-11-5-2-6-12-27/h1-6,9-12,14-19,23,30H,7-8,13,20-22,24H2,(H,39,44). The van der Waals surface area contributed by atoms with Crippen molar-refractivity contribution >= 4 is 39.7 Å². The maximum Gasteiger partial charge on any atom is 0.219 e. The summed E-state index contributed by atoms with van der Waals surface area (Å²) >= 11 is 1.48.